The van der Waals surface area contributed by atoms with Crippen LogP contribution in [0.2, 0.25) is 0 Å². The first-order valence-corrected chi connectivity index (χ1v) is 8.61. The van der Waals surface area contributed by atoms with Gasteiger partial charge in [-0.1, -0.05) is 37.2 Å². The molecule has 23 heavy (non-hydrogen) atoms. The molecule has 0 aliphatic rings. The number of rotatable bonds is 8. The van der Waals surface area contributed by atoms with Crippen molar-refractivity contribution in [2.75, 3.05) is 13.6 Å². The number of hydrogen-bond acceptors (Lipinski definition) is 4. The fraction of sp³-hybridized carbons (Fsp3) is 0.438. The maximum absolute atomic E-state index is 12.3. The number of amides is 2. The Morgan fingerprint density at radius 3 is 2.83 bits per heavy atom. The van der Waals surface area contributed by atoms with Crippen LogP contribution >= 0.6 is 11.8 Å². The molecule has 124 valence electrons. The number of thioether (sulfide) groups is 1. The normalized spacial score (nSPS) is 12.1. The third-order valence-corrected chi connectivity index (χ3v) is 4.48. The number of para-hydroxylation sites is 2. The average molecular weight is 334 g/mol. The molecular weight excluding hydrogens is 312 g/mol. The molecule has 0 saturated heterocycles. The van der Waals surface area contributed by atoms with E-state index in [9.17, 15) is 9.59 Å². The van der Waals surface area contributed by atoms with Gasteiger partial charge < -0.3 is 15.6 Å². The second-order valence-electron chi connectivity index (χ2n) is 5.19. The quantitative estimate of drug-likeness (QED) is 0.509. The second-order valence-corrected chi connectivity index (χ2v) is 6.38. The van der Waals surface area contributed by atoms with E-state index in [0.29, 0.717) is 11.7 Å². The summed E-state index contributed by atoms with van der Waals surface area (Å²) in [6, 6.07) is 7.68. The Morgan fingerprint density at radius 1 is 1.35 bits per heavy atom. The van der Waals surface area contributed by atoms with Crippen LogP contribution in [0.25, 0.3) is 11.0 Å². The monoisotopic (exact) mass is 334 g/mol. The van der Waals surface area contributed by atoms with Crippen molar-refractivity contribution in [1.82, 2.24) is 20.6 Å². The number of aromatic nitrogens is 2. The van der Waals surface area contributed by atoms with Crippen LogP contribution in [0.4, 0.5) is 0 Å². The van der Waals surface area contributed by atoms with Gasteiger partial charge in [-0.3, -0.25) is 9.59 Å². The second kappa shape index (κ2) is 8.57. The van der Waals surface area contributed by atoms with E-state index in [1.54, 1.807) is 7.05 Å². The average Bonchev–Trinajstić information content (AvgIpc) is 2.96. The van der Waals surface area contributed by atoms with Gasteiger partial charge >= 0.3 is 0 Å². The van der Waals surface area contributed by atoms with Crippen molar-refractivity contribution in [2.24, 2.45) is 0 Å². The van der Waals surface area contributed by atoms with Crippen LogP contribution in [-0.4, -0.2) is 40.6 Å². The Labute approximate surface area is 139 Å². The van der Waals surface area contributed by atoms with Gasteiger partial charge in [-0.05, 0) is 18.6 Å². The number of benzene rings is 1. The predicted molar refractivity (Wildman–Crippen MR) is 92.3 cm³/mol. The molecule has 0 fully saturated rings. The molecule has 0 spiro atoms. The lowest BCUT2D eigenvalue weighted by molar-refractivity contribution is -0.125. The van der Waals surface area contributed by atoms with E-state index in [-0.39, 0.29) is 18.2 Å². The minimum Gasteiger partial charge on any atom is -0.359 e. The summed E-state index contributed by atoms with van der Waals surface area (Å²) in [7, 11) is 1.57. The summed E-state index contributed by atoms with van der Waals surface area (Å²) in [5, 5.41) is 5.59. The standard InChI is InChI=1S/C16H22N4O2S/c1-3-4-9-18-15(22)13(10-14(21)17-2)23-16-19-11-7-5-6-8-12(11)20-16/h5-8,13H,3-4,9-10H2,1-2H3,(H,17,21)(H,18,22)(H,19,20). The van der Waals surface area contributed by atoms with E-state index in [1.807, 2.05) is 24.3 Å². The number of imidazole rings is 1. The molecule has 1 aromatic heterocycles. The number of H-pyrrole nitrogens is 1. The van der Waals surface area contributed by atoms with Crippen molar-refractivity contribution in [2.45, 2.75) is 36.6 Å². The Kier molecular flexibility index (Phi) is 6.46. The van der Waals surface area contributed by atoms with Crippen LogP contribution in [-0.2, 0) is 9.59 Å². The molecule has 6 nitrogen and oxygen atoms in total. The van der Waals surface area contributed by atoms with Gasteiger partial charge in [0, 0.05) is 20.0 Å². The lowest BCUT2D eigenvalue weighted by Gasteiger charge is -2.14. The Bertz CT molecular complexity index is 638. The zero-order valence-corrected chi connectivity index (χ0v) is 14.2. The molecule has 0 bridgehead atoms. The first-order chi connectivity index (χ1) is 11.1. The third kappa shape index (κ3) is 4.99. The van der Waals surface area contributed by atoms with E-state index in [2.05, 4.69) is 27.5 Å². The number of unbranched alkanes of at least 4 members (excludes halogenated alkanes) is 1. The fourth-order valence-electron chi connectivity index (χ4n) is 2.08. The highest BCUT2D eigenvalue weighted by atomic mass is 32.2. The number of nitrogens with zero attached hydrogens (tertiary/aromatic N) is 1. The first-order valence-electron chi connectivity index (χ1n) is 7.73. The molecule has 1 heterocycles. The SMILES string of the molecule is CCCCNC(=O)C(CC(=O)NC)Sc1nc2ccccc2[nH]1. The van der Waals surface area contributed by atoms with Crippen molar-refractivity contribution in [1.29, 1.82) is 0 Å². The van der Waals surface area contributed by atoms with Gasteiger partial charge in [0.25, 0.3) is 0 Å². The Morgan fingerprint density at radius 2 is 2.13 bits per heavy atom. The molecule has 1 aromatic carbocycles. The fourth-order valence-corrected chi connectivity index (χ4v) is 3.10. The minimum atomic E-state index is -0.507. The highest BCUT2D eigenvalue weighted by Crippen LogP contribution is 2.25. The smallest absolute Gasteiger partial charge is 0.234 e. The number of carbonyl (C=O) groups is 2. The Hall–Kier alpha value is -2.02. The molecule has 3 N–H and O–H groups in total. The molecule has 7 heteroatoms. The molecule has 1 unspecified atom stereocenters. The number of carbonyl (C=O) groups excluding carboxylic acids is 2. The first kappa shape index (κ1) is 17.3. The molecule has 2 rings (SSSR count). The van der Waals surface area contributed by atoms with E-state index in [1.165, 1.54) is 11.8 Å². The summed E-state index contributed by atoms with van der Waals surface area (Å²) >= 11 is 1.28. The van der Waals surface area contributed by atoms with Crippen molar-refractivity contribution in [3.63, 3.8) is 0 Å². The van der Waals surface area contributed by atoms with E-state index in [0.717, 1.165) is 23.9 Å². The van der Waals surface area contributed by atoms with E-state index in [4.69, 9.17) is 0 Å². The van der Waals surface area contributed by atoms with Gasteiger partial charge in [0.1, 0.15) is 0 Å². The predicted octanol–water partition coefficient (Wildman–Crippen LogP) is 2.08. The topological polar surface area (TPSA) is 86.9 Å². The highest BCUT2D eigenvalue weighted by Gasteiger charge is 2.24. The lowest BCUT2D eigenvalue weighted by Crippen LogP contribution is -2.36. The van der Waals surface area contributed by atoms with Crippen LogP contribution in [0.5, 0.6) is 0 Å². The zero-order valence-electron chi connectivity index (χ0n) is 13.4. The van der Waals surface area contributed by atoms with Gasteiger partial charge in [0.15, 0.2) is 5.16 Å². The largest absolute Gasteiger partial charge is 0.359 e. The van der Waals surface area contributed by atoms with Crippen LogP contribution in [0.15, 0.2) is 29.4 Å². The highest BCUT2D eigenvalue weighted by molar-refractivity contribution is 8.00. The number of fused-ring (bicyclic) bond motifs is 1. The molecule has 2 amide bonds. The zero-order chi connectivity index (χ0) is 16.7. The molecule has 0 aliphatic heterocycles. The third-order valence-electron chi connectivity index (χ3n) is 3.39. The lowest BCUT2D eigenvalue weighted by atomic mass is 10.2. The van der Waals surface area contributed by atoms with Crippen molar-refractivity contribution in [3.8, 4) is 0 Å². The van der Waals surface area contributed by atoms with Crippen molar-refractivity contribution >= 4 is 34.6 Å². The van der Waals surface area contributed by atoms with Crippen LogP contribution in [0, 0.1) is 0 Å². The van der Waals surface area contributed by atoms with Gasteiger partial charge in [-0.15, -0.1) is 0 Å². The van der Waals surface area contributed by atoms with Gasteiger partial charge in [0.05, 0.1) is 16.3 Å². The van der Waals surface area contributed by atoms with E-state index >= 15 is 0 Å². The van der Waals surface area contributed by atoms with Crippen LogP contribution < -0.4 is 10.6 Å². The number of nitrogens with one attached hydrogen (secondary N) is 3. The van der Waals surface area contributed by atoms with Gasteiger partial charge in [-0.25, -0.2) is 4.98 Å². The molecule has 0 radical (unpaired) electrons. The molecule has 2 aromatic rings. The van der Waals surface area contributed by atoms with Crippen LogP contribution in [0.3, 0.4) is 0 Å². The van der Waals surface area contributed by atoms with Crippen molar-refractivity contribution in [3.05, 3.63) is 24.3 Å². The summed E-state index contributed by atoms with van der Waals surface area (Å²) in [6.07, 6.45) is 2.06. The van der Waals surface area contributed by atoms with Crippen molar-refractivity contribution < 1.29 is 9.59 Å². The van der Waals surface area contributed by atoms with Crippen LogP contribution in [0.1, 0.15) is 26.2 Å². The van der Waals surface area contributed by atoms with Gasteiger partial charge in [-0.2, -0.15) is 0 Å². The number of hydrogen-bond donors (Lipinski definition) is 3. The summed E-state index contributed by atoms with van der Waals surface area (Å²) < 4.78 is 0. The summed E-state index contributed by atoms with van der Waals surface area (Å²) in [4.78, 5) is 31.7. The maximum atomic E-state index is 12.3. The molecule has 1 atom stereocenters. The van der Waals surface area contributed by atoms with Gasteiger partial charge in [0.2, 0.25) is 11.8 Å². The van der Waals surface area contributed by atoms with E-state index < -0.39 is 5.25 Å². The number of aromatic amines is 1. The maximum Gasteiger partial charge on any atom is 0.234 e. The summed E-state index contributed by atoms with van der Waals surface area (Å²) in [6.45, 7) is 2.69. The molecule has 0 aliphatic carbocycles. The molecular formula is C16H22N4O2S. The molecule has 0 saturated carbocycles. The minimum absolute atomic E-state index is 0.121. The summed E-state index contributed by atoms with van der Waals surface area (Å²) in [5.41, 5.74) is 1.76. The Balaban J connectivity index is 2.09. The summed E-state index contributed by atoms with van der Waals surface area (Å²) in [5.74, 6) is -0.295.